The van der Waals surface area contributed by atoms with Crippen LogP contribution in [0.3, 0.4) is 0 Å². The zero-order valence-electron chi connectivity index (χ0n) is 19.5. The van der Waals surface area contributed by atoms with Gasteiger partial charge in [-0.3, -0.25) is 9.59 Å². The number of carboxylic acids is 1. The largest absolute Gasteiger partial charge is 0.481 e. The number of carbonyl (C=O) groups excluding carboxylic acids is 2. The standard InChI is InChI=1S/C27H30N2O6/c30-25(29-12-13-34-15-17(14-29)26(31)32)22-10-5-11-24(22)28-27(33)35-16-23-20-8-3-1-6-18(20)19-7-2-4-9-21(19)23/h1-4,6-9,17,22-24H,5,10-16H2,(H,28,33)(H,31,32). The quantitative estimate of drug-likeness (QED) is 0.684. The number of hydrogen-bond acceptors (Lipinski definition) is 5. The first kappa shape index (κ1) is 23.4. The molecule has 0 aromatic heterocycles. The molecule has 35 heavy (non-hydrogen) atoms. The number of carboxylic acid groups (broad SMARTS) is 1. The lowest BCUT2D eigenvalue weighted by molar-refractivity contribution is -0.144. The molecule has 2 aromatic rings. The number of benzene rings is 2. The normalized spacial score (nSPS) is 23.8. The Kier molecular flexibility index (Phi) is 6.72. The Labute approximate surface area is 204 Å². The van der Waals surface area contributed by atoms with Crippen molar-refractivity contribution >= 4 is 18.0 Å². The molecule has 2 aliphatic carbocycles. The summed E-state index contributed by atoms with van der Waals surface area (Å²) in [6.45, 7) is 1.12. The molecule has 3 atom stereocenters. The molecular formula is C27H30N2O6. The van der Waals surface area contributed by atoms with Crippen molar-refractivity contribution < 1.29 is 29.0 Å². The summed E-state index contributed by atoms with van der Waals surface area (Å²) in [4.78, 5) is 39.0. The lowest BCUT2D eigenvalue weighted by Crippen LogP contribution is -2.47. The van der Waals surface area contributed by atoms with Crippen LogP contribution in [0.4, 0.5) is 4.79 Å². The number of fused-ring (bicyclic) bond motifs is 3. The molecule has 3 aliphatic rings. The second-order valence-electron chi connectivity index (χ2n) is 9.51. The third kappa shape index (κ3) is 4.75. The van der Waals surface area contributed by atoms with Gasteiger partial charge in [-0.2, -0.15) is 0 Å². The van der Waals surface area contributed by atoms with Crippen molar-refractivity contribution in [2.75, 3.05) is 32.9 Å². The first-order chi connectivity index (χ1) is 17.0. The summed E-state index contributed by atoms with van der Waals surface area (Å²) in [6.07, 6.45) is 1.63. The van der Waals surface area contributed by atoms with Gasteiger partial charge < -0.3 is 24.8 Å². The van der Waals surface area contributed by atoms with Gasteiger partial charge in [0.15, 0.2) is 0 Å². The van der Waals surface area contributed by atoms with E-state index in [2.05, 4.69) is 29.6 Å². The molecule has 1 heterocycles. The van der Waals surface area contributed by atoms with Crippen molar-refractivity contribution in [2.45, 2.75) is 31.2 Å². The van der Waals surface area contributed by atoms with Crippen molar-refractivity contribution in [3.8, 4) is 11.1 Å². The van der Waals surface area contributed by atoms with Crippen molar-refractivity contribution in [3.63, 3.8) is 0 Å². The predicted molar refractivity (Wildman–Crippen MR) is 128 cm³/mol. The van der Waals surface area contributed by atoms with E-state index in [-0.39, 0.29) is 43.5 Å². The van der Waals surface area contributed by atoms with Gasteiger partial charge in [0, 0.05) is 25.0 Å². The molecule has 8 heteroatoms. The Balaban J connectivity index is 1.21. The van der Waals surface area contributed by atoms with Crippen LogP contribution < -0.4 is 5.32 Å². The minimum absolute atomic E-state index is 0.0285. The predicted octanol–water partition coefficient (Wildman–Crippen LogP) is 3.25. The van der Waals surface area contributed by atoms with E-state index in [9.17, 15) is 19.5 Å². The maximum absolute atomic E-state index is 13.2. The molecule has 2 amide bonds. The van der Waals surface area contributed by atoms with E-state index in [0.717, 1.165) is 17.5 Å². The molecule has 1 saturated carbocycles. The summed E-state index contributed by atoms with van der Waals surface area (Å²) >= 11 is 0. The summed E-state index contributed by atoms with van der Waals surface area (Å²) in [5, 5.41) is 12.3. The van der Waals surface area contributed by atoms with Crippen LogP contribution in [-0.4, -0.2) is 66.9 Å². The van der Waals surface area contributed by atoms with Gasteiger partial charge in [-0.1, -0.05) is 55.0 Å². The van der Waals surface area contributed by atoms with Gasteiger partial charge in [0.05, 0.1) is 25.0 Å². The van der Waals surface area contributed by atoms with Gasteiger partial charge in [-0.25, -0.2) is 4.79 Å². The van der Waals surface area contributed by atoms with Gasteiger partial charge in [-0.15, -0.1) is 0 Å². The molecule has 5 rings (SSSR count). The maximum atomic E-state index is 13.2. The molecule has 2 fully saturated rings. The van der Waals surface area contributed by atoms with E-state index in [1.807, 2.05) is 24.3 Å². The van der Waals surface area contributed by atoms with Gasteiger partial charge in [0.2, 0.25) is 5.91 Å². The van der Waals surface area contributed by atoms with Crippen LogP contribution in [0.5, 0.6) is 0 Å². The SMILES string of the molecule is O=C(NC1CCCC1C(=O)N1CCOCC(C(=O)O)C1)OCC1c2ccccc2-c2ccccc21. The average molecular weight is 479 g/mol. The highest BCUT2D eigenvalue weighted by Gasteiger charge is 2.39. The Bertz CT molecular complexity index is 1070. The number of hydrogen-bond donors (Lipinski definition) is 2. The Hall–Kier alpha value is -3.39. The highest BCUT2D eigenvalue weighted by atomic mass is 16.5. The highest BCUT2D eigenvalue weighted by Crippen LogP contribution is 2.44. The second-order valence-corrected chi connectivity index (χ2v) is 9.51. The Morgan fingerprint density at radius 2 is 1.71 bits per heavy atom. The monoisotopic (exact) mass is 478 g/mol. The van der Waals surface area contributed by atoms with Crippen molar-refractivity contribution in [3.05, 3.63) is 59.7 Å². The summed E-state index contributed by atoms with van der Waals surface area (Å²) < 4.78 is 11.0. The molecule has 2 aromatic carbocycles. The number of rotatable bonds is 5. The van der Waals surface area contributed by atoms with E-state index in [4.69, 9.17) is 9.47 Å². The lowest BCUT2D eigenvalue weighted by atomic mass is 9.98. The van der Waals surface area contributed by atoms with Gasteiger partial charge >= 0.3 is 12.1 Å². The number of nitrogens with zero attached hydrogens (tertiary/aromatic N) is 1. The van der Waals surface area contributed by atoms with E-state index in [1.165, 1.54) is 11.1 Å². The van der Waals surface area contributed by atoms with Crippen LogP contribution in [0.1, 0.15) is 36.3 Å². The molecule has 8 nitrogen and oxygen atoms in total. The third-order valence-corrected chi connectivity index (χ3v) is 7.41. The van der Waals surface area contributed by atoms with Crippen LogP contribution >= 0.6 is 0 Å². The van der Waals surface area contributed by atoms with Crippen LogP contribution in [0, 0.1) is 11.8 Å². The van der Waals surface area contributed by atoms with E-state index < -0.39 is 18.0 Å². The first-order valence-corrected chi connectivity index (χ1v) is 12.2. The van der Waals surface area contributed by atoms with Crippen LogP contribution in [-0.2, 0) is 19.1 Å². The number of aliphatic carboxylic acids is 1. The summed E-state index contributed by atoms with van der Waals surface area (Å²) in [5.41, 5.74) is 4.62. The lowest BCUT2D eigenvalue weighted by Gasteiger charge is -2.28. The van der Waals surface area contributed by atoms with Crippen molar-refractivity contribution in [1.29, 1.82) is 0 Å². The summed E-state index contributed by atoms with van der Waals surface area (Å²) in [7, 11) is 0. The highest BCUT2D eigenvalue weighted by molar-refractivity contribution is 5.82. The number of carbonyl (C=O) groups is 3. The van der Waals surface area contributed by atoms with Crippen LogP contribution in [0.15, 0.2) is 48.5 Å². The zero-order chi connectivity index (χ0) is 24.4. The Morgan fingerprint density at radius 1 is 1.03 bits per heavy atom. The Morgan fingerprint density at radius 3 is 2.40 bits per heavy atom. The fraction of sp³-hybridized carbons (Fsp3) is 0.444. The fourth-order valence-corrected chi connectivity index (χ4v) is 5.61. The maximum Gasteiger partial charge on any atom is 0.407 e. The van der Waals surface area contributed by atoms with Crippen LogP contribution in [0.2, 0.25) is 0 Å². The number of nitrogens with one attached hydrogen (secondary N) is 1. The molecule has 1 aliphatic heterocycles. The number of ether oxygens (including phenoxy) is 2. The minimum Gasteiger partial charge on any atom is -0.481 e. The van der Waals surface area contributed by atoms with E-state index in [0.29, 0.717) is 26.0 Å². The van der Waals surface area contributed by atoms with Gasteiger partial charge in [0.1, 0.15) is 6.61 Å². The molecule has 184 valence electrons. The minimum atomic E-state index is -0.968. The first-order valence-electron chi connectivity index (χ1n) is 12.2. The number of alkyl carbamates (subject to hydrolysis) is 1. The molecule has 1 saturated heterocycles. The molecule has 0 bridgehead atoms. The van der Waals surface area contributed by atoms with E-state index >= 15 is 0 Å². The molecule has 0 radical (unpaired) electrons. The third-order valence-electron chi connectivity index (χ3n) is 7.41. The van der Waals surface area contributed by atoms with Crippen molar-refractivity contribution in [1.82, 2.24) is 10.2 Å². The molecular weight excluding hydrogens is 448 g/mol. The fourth-order valence-electron chi connectivity index (χ4n) is 5.61. The zero-order valence-corrected chi connectivity index (χ0v) is 19.5. The molecule has 2 N–H and O–H groups in total. The topological polar surface area (TPSA) is 105 Å². The summed E-state index contributed by atoms with van der Waals surface area (Å²) in [6, 6.07) is 16.0. The van der Waals surface area contributed by atoms with Gasteiger partial charge in [0.25, 0.3) is 0 Å². The average Bonchev–Trinajstić information content (AvgIpc) is 3.35. The second kappa shape index (κ2) is 10.1. The van der Waals surface area contributed by atoms with Crippen molar-refractivity contribution in [2.24, 2.45) is 11.8 Å². The van der Waals surface area contributed by atoms with Gasteiger partial charge in [-0.05, 0) is 35.1 Å². The molecule has 0 spiro atoms. The van der Waals surface area contributed by atoms with E-state index in [1.54, 1.807) is 4.90 Å². The van der Waals surface area contributed by atoms with Crippen LogP contribution in [0.25, 0.3) is 11.1 Å². The summed E-state index contributed by atoms with van der Waals surface area (Å²) in [5.74, 6) is -2.24. The number of amides is 2. The smallest absolute Gasteiger partial charge is 0.407 e. The molecule has 3 unspecified atom stereocenters.